The largest absolute Gasteiger partial charge is 0.480 e. The molecule has 0 aliphatic carbocycles. The normalized spacial score (nSPS) is 31.2. The molecule has 0 radical (unpaired) electrons. The van der Waals surface area contributed by atoms with Crippen molar-refractivity contribution in [2.75, 3.05) is 26.2 Å². The third kappa shape index (κ3) is 3.23. The van der Waals surface area contributed by atoms with E-state index in [1.807, 2.05) is 6.92 Å². The standard InChI is InChI=1S/C14H24N2O4/c1-10-4-6-16(12(7-10)13(18)19)14(20)15-5-2-3-11(8-15)9-17/h10-12,17H,2-9H2,1H3,(H,18,19). The highest BCUT2D eigenvalue weighted by atomic mass is 16.4. The van der Waals surface area contributed by atoms with Crippen molar-refractivity contribution in [1.82, 2.24) is 9.80 Å². The molecule has 2 fully saturated rings. The topological polar surface area (TPSA) is 81.1 Å². The average molecular weight is 284 g/mol. The van der Waals surface area contributed by atoms with E-state index >= 15 is 0 Å². The monoisotopic (exact) mass is 284 g/mol. The Morgan fingerprint density at radius 3 is 2.65 bits per heavy atom. The van der Waals surface area contributed by atoms with Crippen molar-refractivity contribution in [3.05, 3.63) is 0 Å². The zero-order valence-corrected chi connectivity index (χ0v) is 12.0. The van der Waals surface area contributed by atoms with E-state index in [-0.39, 0.29) is 18.6 Å². The van der Waals surface area contributed by atoms with E-state index < -0.39 is 12.0 Å². The molecular weight excluding hydrogens is 260 g/mol. The fourth-order valence-electron chi connectivity index (χ4n) is 3.17. The number of aliphatic hydroxyl groups is 1. The molecule has 0 aromatic carbocycles. The van der Waals surface area contributed by atoms with Crippen LogP contribution in [0.1, 0.15) is 32.6 Å². The van der Waals surface area contributed by atoms with Gasteiger partial charge in [0.1, 0.15) is 6.04 Å². The Labute approximate surface area is 119 Å². The van der Waals surface area contributed by atoms with Crippen molar-refractivity contribution in [2.45, 2.75) is 38.6 Å². The van der Waals surface area contributed by atoms with Crippen LogP contribution in [0.15, 0.2) is 0 Å². The van der Waals surface area contributed by atoms with Crippen LogP contribution in [-0.4, -0.2) is 64.3 Å². The lowest BCUT2D eigenvalue weighted by Gasteiger charge is -2.41. The van der Waals surface area contributed by atoms with Crippen LogP contribution < -0.4 is 0 Å². The van der Waals surface area contributed by atoms with Gasteiger partial charge in [-0.05, 0) is 37.5 Å². The molecule has 2 heterocycles. The van der Waals surface area contributed by atoms with Gasteiger partial charge in [-0.1, -0.05) is 6.92 Å². The summed E-state index contributed by atoms with van der Waals surface area (Å²) in [5.41, 5.74) is 0. The second-order valence-corrected chi connectivity index (χ2v) is 6.10. The van der Waals surface area contributed by atoms with E-state index in [0.29, 0.717) is 32.0 Å². The lowest BCUT2D eigenvalue weighted by atomic mass is 9.92. The van der Waals surface area contributed by atoms with Gasteiger partial charge in [-0.25, -0.2) is 9.59 Å². The quantitative estimate of drug-likeness (QED) is 0.792. The summed E-state index contributed by atoms with van der Waals surface area (Å²) in [5.74, 6) is -0.452. The Hall–Kier alpha value is -1.30. The number of carboxylic acid groups (broad SMARTS) is 1. The fraction of sp³-hybridized carbons (Fsp3) is 0.857. The maximum absolute atomic E-state index is 12.5. The van der Waals surface area contributed by atoms with Crippen molar-refractivity contribution < 1.29 is 19.8 Å². The zero-order valence-electron chi connectivity index (χ0n) is 12.0. The number of nitrogens with zero attached hydrogens (tertiary/aromatic N) is 2. The van der Waals surface area contributed by atoms with Crippen LogP contribution in [0.4, 0.5) is 4.79 Å². The minimum Gasteiger partial charge on any atom is -0.480 e. The number of piperidine rings is 2. The average Bonchev–Trinajstić information content (AvgIpc) is 2.46. The summed E-state index contributed by atoms with van der Waals surface area (Å²) < 4.78 is 0. The molecule has 2 aliphatic heterocycles. The second-order valence-electron chi connectivity index (χ2n) is 6.10. The molecule has 0 spiro atoms. The number of carboxylic acids is 1. The van der Waals surface area contributed by atoms with E-state index in [2.05, 4.69) is 0 Å². The van der Waals surface area contributed by atoms with Gasteiger partial charge in [0.2, 0.25) is 0 Å². The molecule has 2 N–H and O–H groups in total. The van der Waals surface area contributed by atoms with E-state index in [1.165, 1.54) is 4.90 Å². The molecule has 3 unspecified atom stereocenters. The summed E-state index contributed by atoms with van der Waals surface area (Å²) in [5, 5.41) is 18.5. The molecule has 3 atom stereocenters. The number of hydrogen-bond acceptors (Lipinski definition) is 3. The number of rotatable bonds is 2. The number of carbonyl (C=O) groups excluding carboxylic acids is 1. The molecular formula is C14H24N2O4. The Kier molecular flexibility index (Phi) is 4.86. The van der Waals surface area contributed by atoms with Crippen molar-refractivity contribution >= 4 is 12.0 Å². The summed E-state index contributed by atoms with van der Waals surface area (Å²) in [6, 6.07) is -0.886. The maximum atomic E-state index is 12.5. The Morgan fingerprint density at radius 2 is 2.00 bits per heavy atom. The van der Waals surface area contributed by atoms with Gasteiger partial charge in [0.05, 0.1) is 0 Å². The second kappa shape index (κ2) is 6.43. The predicted molar refractivity (Wildman–Crippen MR) is 73.3 cm³/mol. The minimum absolute atomic E-state index is 0.0865. The van der Waals surface area contributed by atoms with Gasteiger partial charge in [0.25, 0.3) is 0 Å². The third-order valence-corrected chi connectivity index (χ3v) is 4.44. The molecule has 2 rings (SSSR count). The van der Waals surface area contributed by atoms with Gasteiger partial charge in [0.15, 0.2) is 0 Å². The molecule has 0 aromatic heterocycles. The molecule has 6 nitrogen and oxygen atoms in total. The van der Waals surface area contributed by atoms with Gasteiger partial charge >= 0.3 is 12.0 Å². The SMILES string of the molecule is CC1CCN(C(=O)N2CCCC(CO)C2)C(C(=O)O)C1. The summed E-state index contributed by atoms with van der Waals surface area (Å²) in [6.07, 6.45) is 3.18. The van der Waals surface area contributed by atoms with Gasteiger partial charge in [0, 0.05) is 26.2 Å². The number of urea groups is 1. The van der Waals surface area contributed by atoms with E-state index in [9.17, 15) is 19.8 Å². The summed E-state index contributed by atoms with van der Waals surface area (Å²) in [6.45, 7) is 3.82. The lowest BCUT2D eigenvalue weighted by Crippen LogP contribution is -2.56. The van der Waals surface area contributed by atoms with Gasteiger partial charge < -0.3 is 20.0 Å². The zero-order chi connectivity index (χ0) is 14.7. The highest BCUT2D eigenvalue weighted by molar-refractivity contribution is 5.83. The summed E-state index contributed by atoms with van der Waals surface area (Å²) in [4.78, 5) is 27.1. The van der Waals surface area contributed by atoms with Crippen molar-refractivity contribution in [3.63, 3.8) is 0 Å². The number of amides is 2. The Balaban J connectivity index is 2.04. The smallest absolute Gasteiger partial charge is 0.326 e. The molecule has 114 valence electrons. The highest BCUT2D eigenvalue weighted by Crippen LogP contribution is 2.25. The fourth-order valence-corrected chi connectivity index (χ4v) is 3.17. The van der Waals surface area contributed by atoms with Crippen LogP contribution >= 0.6 is 0 Å². The predicted octanol–water partition coefficient (Wildman–Crippen LogP) is 0.996. The number of hydrogen-bond donors (Lipinski definition) is 2. The highest BCUT2D eigenvalue weighted by Gasteiger charge is 2.37. The first-order valence-electron chi connectivity index (χ1n) is 7.42. The first kappa shape index (κ1) is 15.1. The van der Waals surface area contributed by atoms with Crippen LogP contribution in [0.2, 0.25) is 0 Å². The van der Waals surface area contributed by atoms with E-state index in [0.717, 1.165) is 19.3 Å². The van der Waals surface area contributed by atoms with Crippen molar-refractivity contribution in [1.29, 1.82) is 0 Å². The van der Waals surface area contributed by atoms with Crippen LogP contribution in [0.25, 0.3) is 0 Å². The van der Waals surface area contributed by atoms with Crippen LogP contribution in [0.5, 0.6) is 0 Å². The lowest BCUT2D eigenvalue weighted by molar-refractivity contribution is -0.144. The van der Waals surface area contributed by atoms with Crippen LogP contribution in [0, 0.1) is 11.8 Å². The maximum Gasteiger partial charge on any atom is 0.326 e. The molecule has 2 amide bonds. The van der Waals surface area contributed by atoms with Crippen LogP contribution in [0.3, 0.4) is 0 Å². The molecule has 2 saturated heterocycles. The first-order chi connectivity index (χ1) is 9.52. The van der Waals surface area contributed by atoms with Gasteiger partial charge in [-0.2, -0.15) is 0 Å². The van der Waals surface area contributed by atoms with Crippen LogP contribution in [-0.2, 0) is 4.79 Å². The van der Waals surface area contributed by atoms with Gasteiger partial charge in [-0.15, -0.1) is 0 Å². The summed E-state index contributed by atoms with van der Waals surface area (Å²) >= 11 is 0. The number of likely N-dealkylation sites (tertiary alicyclic amines) is 2. The summed E-state index contributed by atoms with van der Waals surface area (Å²) in [7, 11) is 0. The number of carbonyl (C=O) groups is 2. The first-order valence-corrected chi connectivity index (χ1v) is 7.42. The molecule has 6 heteroatoms. The number of aliphatic carboxylic acids is 1. The van der Waals surface area contributed by atoms with Crippen molar-refractivity contribution in [3.8, 4) is 0 Å². The molecule has 0 bridgehead atoms. The third-order valence-electron chi connectivity index (χ3n) is 4.44. The minimum atomic E-state index is -0.916. The Bertz CT molecular complexity index is 374. The number of aliphatic hydroxyl groups excluding tert-OH is 1. The molecule has 0 saturated carbocycles. The van der Waals surface area contributed by atoms with Crippen molar-refractivity contribution in [2.24, 2.45) is 11.8 Å². The Morgan fingerprint density at radius 1 is 1.25 bits per heavy atom. The molecule has 20 heavy (non-hydrogen) atoms. The van der Waals surface area contributed by atoms with E-state index in [1.54, 1.807) is 4.90 Å². The van der Waals surface area contributed by atoms with E-state index in [4.69, 9.17) is 0 Å². The van der Waals surface area contributed by atoms with Gasteiger partial charge in [-0.3, -0.25) is 0 Å². The molecule has 0 aromatic rings. The molecule has 2 aliphatic rings.